The average Bonchev–Trinajstić information content (AvgIpc) is 3.01. The van der Waals surface area contributed by atoms with Gasteiger partial charge in [-0.25, -0.2) is 8.78 Å². The number of rotatable bonds is 3. The summed E-state index contributed by atoms with van der Waals surface area (Å²) >= 11 is 1.23. The summed E-state index contributed by atoms with van der Waals surface area (Å²) in [4.78, 5) is 0. The van der Waals surface area contributed by atoms with E-state index in [2.05, 4.69) is 0 Å². The van der Waals surface area contributed by atoms with Crippen LogP contribution in [-0.2, 0) is 5.60 Å². The second kappa shape index (κ2) is 4.97. The third kappa shape index (κ3) is 2.00. The summed E-state index contributed by atoms with van der Waals surface area (Å²) in [6.07, 6.45) is 3.10. The molecule has 0 bridgehead atoms. The molecule has 3 rings (SSSR count). The van der Waals surface area contributed by atoms with Crippen LogP contribution in [0.5, 0.6) is 5.75 Å². The van der Waals surface area contributed by atoms with Crippen LogP contribution < -0.4 is 4.74 Å². The predicted octanol–water partition coefficient (Wildman–Crippen LogP) is 4.34. The molecule has 5 heteroatoms. The normalized spacial score (nSPS) is 17.8. The van der Waals surface area contributed by atoms with Crippen molar-refractivity contribution in [1.29, 1.82) is 0 Å². The first-order valence-electron chi connectivity index (χ1n) is 6.81. The molecule has 20 heavy (non-hydrogen) atoms. The Hall–Kier alpha value is -1.20. The molecule has 0 spiro atoms. The van der Waals surface area contributed by atoms with Gasteiger partial charge in [-0.2, -0.15) is 0 Å². The van der Waals surface area contributed by atoms with Crippen molar-refractivity contribution in [3.63, 3.8) is 0 Å². The van der Waals surface area contributed by atoms with Crippen molar-refractivity contribution in [2.75, 3.05) is 6.61 Å². The zero-order valence-electron chi connectivity index (χ0n) is 11.2. The number of ether oxygens (including phenoxy) is 1. The lowest BCUT2D eigenvalue weighted by atomic mass is 9.91. The predicted molar refractivity (Wildman–Crippen MR) is 75.3 cm³/mol. The number of halogens is 2. The maximum absolute atomic E-state index is 14.2. The van der Waals surface area contributed by atoms with Crippen LogP contribution >= 0.6 is 11.3 Å². The highest BCUT2D eigenvalue weighted by molar-refractivity contribution is 7.17. The maximum Gasteiger partial charge on any atom is 0.172 e. The van der Waals surface area contributed by atoms with Gasteiger partial charge in [-0.3, -0.25) is 0 Å². The third-order valence-electron chi connectivity index (χ3n) is 3.93. The summed E-state index contributed by atoms with van der Waals surface area (Å²) in [7, 11) is 0. The minimum atomic E-state index is -0.986. The van der Waals surface area contributed by atoms with Gasteiger partial charge in [-0.15, -0.1) is 11.3 Å². The van der Waals surface area contributed by atoms with Crippen molar-refractivity contribution in [3.05, 3.63) is 28.6 Å². The molecule has 1 aliphatic carbocycles. The second-order valence-corrected chi connectivity index (χ2v) is 6.07. The summed E-state index contributed by atoms with van der Waals surface area (Å²) < 4.78 is 33.8. The van der Waals surface area contributed by atoms with Gasteiger partial charge in [0.1, 0.15) is 5.82 Å². The van der Waals surface area contributed by atoms with E-state index in [1.165, 1.54) is 11.3 Å². The summed E-state index contributed by atoms with van der Waals surface area (Å²) in [5.74, 6) is -1.23. The molecule has 1 aliphatic rings. The van der Waals surface area contributed by atoms with Crippen LogP contribution in [-0.4, -0.2) is 11.7 Å². The fourth-order valence-corrected chi connectivity index (χ4v) is 4.13. The molecule has 0 atom stereocenters. The SMILES string of the molecule is CCOc1c(F)cc(F)c2c(C3(O)CCCC3)csc12. The third-order valence-corrected chi connectivity index (χ3v) is 4.91. The molecule has 0 unspecified atom stereocenters. The number of thiophene rings is 1. The second-order valence-electron chi connectivity index (χ2n) is 5.19. The molecule has 1 fully saturated rings. The Labute approximate surface area is 120 Å². The van der Waals surface area contributed by atoms with Gasteiger partial charge in [-0.1, -0.05) is 12.8 Å². The van der Waals surface area contributed by atoms with E-state index in [-0.39, 0.29) is 5.75 Å². The van der Waals surface area contributed by atoms with E-state index in [1.807, 2.05) is 0 Å². The number of aliphatic hydroxyl groups is 1. The molecule has 2 nitrogen and oxygen atoms in total. The zero-order valence-corrected chi connectivity index (χ0v) is 12.0. The van der Waals surface area contributed by atoms with E-state index in [4.69, 9.17) is 4.74 Å². The Bertz CT molecular complexity index is 645. The summed E-state index contributed by atoms with van der Waals surface area (Å²) in [5.41, 5.74) is -0.408. The largest absolute Gasteiger partial charge is 0.489 e. The molecule has 1 aromatic heterocycles. The van der Waals surface area contributed by atoms with Gasteiger partial charge in [0, 0.05) is 17.0 Å². The van der Waals surface area contributed by atoms with Gasteiger partial charge < -0.3 is 9.84 Å². The van der Waals surface area contributed by atoms with E-state index < -0.39 is 17.2 Å². The van der Waals surface area contributed by atoms with Crippen LogP contribution in [0.2, 0.25) is 0 Å². The van der Waals surface area contributed by atoms with Gasteiger partial charge in [0.15, 0.2) is 11.6 Å². The highest BCUT2D eigenvalue weighted by Gasteiger charge is 2.36. The minimum absolute atomic E-state index is 0.0850. The first kappa shape index (κ1) is 13.8. The molecular weight excluding hydrogens is 282 g/mol. The standard InChI is InChI=1S/C15H16F2O2S/c1-2-19-13-11(17)7-10(16)12-9(8-20-14(12)13)15(18)5-3-4-6-15/h7-8,18H,2-6H2,1H3. The van der Waals surface area contributed by atoms with Crippen LogP contribution in [0.4, 0.5) is 8.78 Å². The van der Waals surface area contributed by atoms with Gasteiger partial charge in [0.2, 0.25) is 0 Å². The molecule has 0 aliphatic heterocycles. The van der Waals surface area contributed by atoms with E-state index >= 15 is 0 Å². The van der Waals surface area contributed by atoms with Gasteiger partial charge in [0.25, 0.3) is 0 Å². The maximum atomic E-state index is 14.2. The Morgan fingerprint density at radius 1 is 1.30 bits per heavy atom. The van der Waals surface area contributed by atoms with Crippen LogP contribution in [0.15, 0.2) is 11.4 Å². The molecule has 1 aromatic carbocycles. The minimum Gasteiger partial charge on any atom is -0.489 e. The average molecular weight is 298 g/mol. The monoisotopic (exact) mass is 298 g/mol. The molecule has 0 saturated heterocycles. The molecule has 1 heterocycles. The Kier molecular flexibility index (Phi) is 3.42. The van der Waals surface area contributed by atoms with E-state index in [9.17, 15) is 13.9 Å². The molecule has 0 radical (unpaired) electrons. The van der Waals surface area contributed by atoms with Crippen LogP contribution in [0.1, 0.15) is 38.2 Å². The number of benzene rings is 1. The Balaban J connectivity index is 2.24. The van der Waals surface area contributed by atoms with Crippen molar-refractivity contribution in [2.24, 2.45) is 0 Å². The van der Waals surface area contributed by atoms with Crippen molar-refractivity contribution < 1.29 is 18.6 Å². The quantitative estimate of drug-likeness (QED) is 0.913. The summed E-state index contributed by atoms with van der Waals surface area (Å²) in [6.45, 7) is 2.07. The molecule has 1 N–H and O–H groups in total. The van der Waals surface area contributed by atoms with Crippen LogP contribution in [0, 0.1) is 11.6 Å². The number of fused-ring (bicyclic) bond motifs is 1. The lowest BCUT2D eigenvalue weighted by Gasteiger charge is -2.22. The summed E-state index contributed by atoms with van der Waals surface area (Å²) in [6, 6.07) is 0.849. The summed E-state index contributed by atoms with van der Waals surface area (Å²) in [5, 5.41) is 12.7. The van der Waals surface area contributed by atoms with Crippen LogP contribution in [0.3, 0.4) is 0 Å². The zero-order chi connectivity index (χ0) is 14.3. The molecule has 2 aromatic rings. The molecular formula is C15H16F2O2S. The van der Waals surface area contributed by atoms with E-state index in [1.54, 1.807) is 12.3 Å². The van der Waals surface area contributed by atoms with E-state index in [0.29, 0.717) is 35.1 Å². The van der Waals surface area contributed by atoms with Gasteiger partial charge in [0.05, 0.1) is 16.9 Å². The lowest BCUT2D eigenvalue weighted by Crippen LogP contribution is -2.20. The van der Waals surface area contributed by atoms with Gasteiger partial charge >= 0.3 is 0 Å². The van der Waals surface area contributed by atoms with Crippen molar-refractivity contribution in [1.82, 2.24) is 0 Å². The molecule has 1 saturated carbocycles. The van der Waals surface area contributed by atoms with Crippen molar-refractivity contribution >= 4 is 21.4 Å². The fraction of sp³-hybridized carbons (Fsp3) is 0.467. The van der Waals surface area contributed by atoms with E-state index in [0.717, 1.165) is 18.9 Å². The van der Waals surface area contributed by atoms with Gasteiger partial charge in [-0.05, 0) is 25.1 Å². The first-order valence-corrected chi connectivity index (χ1v) is 7.69. The Morgan fingerprint density at radius 3 is 2.65 bits per heavy atom. The van der Waals surface area contributed by atoms with Crippen LogP contribution in [0.25, 0.3) is 10.1 Å². The van der Waals surface area contributed by atoms with Crippen molar-refractivity contribution in [3.8, 4) is 5.75 Å². The number of hydrogen-bond acceptors (Lipinski definition) is 3. The highest BCUT2D eigenvalue weighted by Crippen LogP contribution is 2.47. The number of hydrogen-bond donors (Lipinski definition) is 1. The fourth-order valence-electron chi connectivity index (χ4n) is 2.97. The van der Waals surface area contributed by atoms with Crippen molar-refractivity contribution in [2.45, 2.75) is 38.2 Å². The highest BCUT2D eigenvalue weighted by atomic mass is 32.1. The molecule has 0 amide bonds. The topological polar surface area (TPSA) is 29.5 Å². The first-order chi connectivity index (χ1) is 9.57. The molecule has 108 valence electrons. The smallest absolute Gasteiger partial charge is 0.172 e. The Morgan fingerprint density at radius 2 is 2.00 bits per heavy atom. The lowest BCUT2D eigenvalue weighted by molar-refractivity contribution is 0.0462.